The summed E-state index contributed by atoms with van der Waals surface area (Å²) < 4.78 is 5.48. The zero-order valence-electron chi connectivity index (χ0n) is 10.4. The molecule has 0 saturated carbocycles. The summed E-state index contributed by atoms with van der Waals surface area (Å²) >= 11 is 1.26. The minimum absolute atomic E-state index is 0.225. The number of hydrogen-bond donors (Lipinski definition) is 1. The van der Waals surface area contributed by atoms with Crippen LogP contribution in [0.1, 0.15) is 10.4 Å². The molecular weight excluding hydrogens is 284 g/mol. The predicted octanol–water partition coefficient (Wildman–Crippen LogP) is 0.125. The monoisotopic (exact) mass is 294 g/mol. The smallest absolute Gasteiger partial charge is 0.345 e. The maximum Gasteiger partial charge on any atom is 0.345 e. The molecule has 0 atom stereocenters. The third-order valence-electron chi connectivity index (χ3n) is 2.30. The maximum atomic E-state index is 11.9. The second-order valence-corrected chi connectivity index (χ2v) is 4.51. The number of anilines is 1. The van der Waals surface area contributed by atoms with Crippen LogP contribution in [0.3, 0.4) is 0 Å². The molecule has 104 valence electrons. The first kappa shape index (κ1) is 13.9. The van der Waals surface area contributed by atoms with Crippen LogP contribution < -0.4 is 10.9 Å². The van der Waals surface area contributed by atoms with Gasteiger partial charge in [-0.1, -0.05) is 0 Å². The van der Waals surface area contributed by atoms with Gasteiger partial charge < -0.3 is 10.1 Å². The average Bonchev–Trinajstić information content (AvgIpc) is 2.93. The first-order valence-corrected chi connectivity index (χ1v) is 6.32. The highest BCUT2D eigenvalue weighted by Crippen LogP contribution is 2.09. The number of amides is 1. The number of nitrogens with zero attached hydrogens (tertiary/aromatic N) is 3. The quantitative estimate of drug-likeness (QED) is 0.804. The van der Waals surface area contributed by atoms with Gasteiger partial charge in [0.25, 0.3) is 5.56 Å². The summed E-state index contributed by atoms with van der Waals surface area (Å²) in [5.74, 6) is -1.23. The molecule has 2 rings (SSSR count). The van der Waals surface area contributed by atoms with Crippen LogP contribution in [-0.2, 0) is 16.1 Å². The minimum atomic E-state index is -0.794. The molecule has 0 aliphatic rings. The van der Waals surface area contributed by atoms with Crippen LogP contribution in [0, 0.1) is 0 Å². The van der Waals surface area contributed by atoms with Gasteiger partial charge in [-0.25, -0.2) is 14.8 Å². The van der Waals surface area contributed by atoms with E-state index in [0.29, 0.717) is 5.13 Å². The lowest BCUT2D eigenvalue weighted by molar-refractivity contribution is -0.116. The van der Waals surface area contributed by atoms with Crippen molar-refractivity contribution in [3.05, 3.63) is 40.0 Å². The fourth-order valence-electron chi connectivity index (χ4n) is 1.41. The van der Waals surface area contributed by atoms with Gasteiger partial charge in [0.2, 0.25) is 5.91 Å². The highest BCUT2D eigenvalue weighted by molar-refractivity contribution is 7.13. The fourth-order valence-corrected chi connectivity index (χ4v) is 1.96. The number of hydrogen-bond acceptors (Lipinski definition) is 7. The van der Waals surface area contributed by atoms with Gasteiger partial charge in [-0.2, -0.15) is 0 Å². The van der Waals surface area contributed by atoms with E-state index < -0.39 is 17.4 Å². The van der Waals surface area contributed by atoms with Crippen LogP contribution >= 0.6 is 11.3 Å². The molecule has 0 aromatic carbocycles. The zero-order valence-corrected chi connectivity index (χ0v) is 11.2. The SMILES string of the molecule is COC(=O)c1cncn(CC(=O)Nc2nccs2)c1=O. The minimum Gasteiger partial charge on any atom is -0.465 e. The van der Waals surface area contributed by atoms with E-state index in [1.165, 1.54) is 17.7 Å². The van der Waals surface area contributed by atoms with E-state index in [2.05, 4.69) is 20.0 Å². The maximum absolute atomic E-state index is 11.9. The van der Waals surface area contributed by atoms with Gasteiger partial charge in [-0.05, 0) is 0 Å². The number of carbonyl (C=O) groups is 2. The van der Waals surface area contributed by atoms with Crippen molar-refractivity contribution in [3.63, 3.8) is 0 Å². The van der Waals surface area contributed by atoms with Gasteiger partial charge in [0.15, 0.2) is 5.13 Å². The third-order valence-corrected chi connectivity index (χ3v) is 2.99. The zero-order chi connectivity index (χ0) is 14.5. The molecule has 0 unspecified atom stereocenters. The van der Waals surface area contributed by atoms with Crippen molar-refractivity contribution in [2.45, 2.75) is 6.54 Å². The van der Waals surface area contributed by atoms with E-state index >= 15 is 0 Å². The summed E-state index contributed by atoms with van der Waals surface area (Å²) in [5, 5.41) is 4.67. The Balaban J connectivity index is 2.15. The standard InChI is InChI=1S/C11H10N4O4S/c1-19-10(18)7-4-12-6-15(9(7)17)5-8(16)14-11-13-2-3-20-11/h2-4,6H,5H2,1H3,(H,13,14,16). The van der Waals surface area contributed by atoms with Crippen molar-refractivity contribution in [3.8, 4) is 0 Å². The molecule has 2 aromatic rings. The van der Waals surface area contributed by atoms with E-state index in [1.54, 1.807) is 11.6 Å². The van der Waals surface area contributed by atoms with Crippen molar-refractivity contribution in [2.24, 2.45) is 0 Å². The normalized spacial score (nSPS) is 10.1. The van der Waals surface area contributed by atoms with Gasteiger partial charge in [-0.15, -0.1) is 11.3 Å². The van der Waals surface area contributed by atoms with E-state index in [0.717, 1.165) is 17.9 Å². The Morgan fingerprint density at radius 2 is 2.30 bits per heavy atom. The molecule has 0 aliphatic carbocycles. The molecule has 1 N–H and O–H groups in total. The van der Waals surface area contributed by atoms with Crippen molar-refractivity contribution in [2.75, 3.05) is 12.4 Å². The molecule has 0 fully saturated rings. The number of nitrogens with one attached hydrogen (secondary N) is 1. The van der Waals surface area contributed by atoms with E-state index in [1.807, 2.05) is 0 Å². The Bertz CT molecular complexity index is 680. The Morgan fingerprint density at radius 1 is 1.50 bits per heavy atom. The fraction of sp³-hybridized carbons (Fsp3) is 0.182. The van der Waals surface area contributed by atoms with Gasteiger partial charge >= 0.3 is 5.97 Å². The predicted molar refractivity (Wildman–Crippen MR) is 70.6 cm³/mol. The Hall–Kier alpha value is -2.55. The van der Waals surface area contributed by atoms with Crippen molar-refractivity contribution in [1.82, 2.24) is 14.5 Å². The topological polar surface area (TPSA) is 103 Å². The Kier molecular flexibility index (Phi) is 4.20. The van der Waals surface area contributed by atoms with Crippen molar-refractivity contribution in [1.29, 1.82) is 0 Å². The largest absolute Gasteiger partial charge is 0.465 e. The number of thiazole rings is 1. The lowest BCUT2D eigenvalue weighted by Gasteiger charge is -2.06. The second-order valence-electron chi connectivity index (χ2n) is 3.62. The van der Waals surface area contributed by atoms with Crippen molar-refractivity contribution < 1.29 is 14.3 Å². The van der Waals surface area contributed by atoms with Crippen LogP contribution in [0.2, 0.25) is 0 Å². The third kappa shape index (κ3) is 3.06. The molecule has 0 saturated heterocycles. The first-order valence-electron chi connectivity index (χ1n) is 5.44. The molecule has 0 radical (unpaired) electrons. The number of ether oxygens (including phenoxy) is 1. The summed E-state index contributed by atoms with van der Waals surface area (Å²) in [4.78, 5) is 42.6. The lowest BCUT2D eigenvalue weighted by Crippen LogP contribution is -2.31. The highest BCUT2D eigenvalue weighted by Gasteiger charge is 2.14. The summed E-state index contributed by atoms with van der Waals surface area (Å²) in [7, 11) is 1.16. The summed E-state index contributed by atoms with van der Waals surface area (Å²) in [6.07, 6.45) is 3.82. The van der Waals surface area contributed by atoms with Crippen molar-refractivity contribution >= 4 is 28.3 Å². The summed E-state index contributed by atoms with van der Waals surface area (Å²) in [6, 6.07) is 0. The second kappa shape index (κ2) is 6.06. The molecule has 0 aliphatic heterocycles. The van der Waals surface area contributed by atoms with E-state index in [9.17, 15) is 14.4 Å². The first-order chi connectivity index (χ1) is 9.61. The number of aromatic nitrogens is 3. The highest BCUT2D eigenvalue weighted by atomic mass is 32.1. The van der Waals surface area contributed by atoms with E-state index in [-0.39, 0.29) is 12.1 Å². The number of rotatable bonds is 4. The molecule has 2 heterocycles. The van der Waals surface area contributed by atoms with E-state index in [4.69, 9.17) is 0 Å². The average molecular weight is 294 g/mol. The number of esters is 1. The molecular formula is C11H10N4O4S. The molecule has 0 spiro atoms. The van der Waals surface area contributed by atoms with Crippen LogP contribution in [0.15, 0.2) is 28.9 Å². The molecule has 9 heteroatoms. The van der Waals surface area contributed by atoms with Gasteiger partial charge in [0, 0.05) is 17.8 Å². The summed E-state index contributed by atoms with van der Waals surface area (Å²) in [5.41, 5.74) is -0.863. The van der Waals surface area contributed by atoms with Crippen LogP contribution in [0.4, 0.5) is 5.13 Å². The van der Waals surface area contributed by atoms with Crippen LogP contribution in [0.25, 0.3) is 0 Å². The molecule has 8 nitrogen and oxygen atoms in total. The van der Waals surface area contributed by atoms with Gasteiger partial charge in [0.05, 0.1) is 13.4 Å². The molecule has 20 heavy (non-hydrogen) atoms. The molecule has 2 aromatic heterocycles. The van der Waals surface area contributed by atoms with Crippen LogP contribution in [-0.4, -0.2) is 33.5 Å². The summed E-state index contributed by atoms with van der Waals surface area (Å²) in [6.45, 7) is -0.268. The molecule has 0 bridgehead atoms. The molecule has 1 amide bonds. The number of carbonyl (C=O) groups excluding carboxylic acids is 2. The Morgan fingerprint density at radius 3 is 2.95 bits per heavy atom. The Labute approximate surface area is 117 Å². The van der Waals surface area contributed by atoms with Gasteiger partial charge in [0.1, 0.15) is 12.1 Å². The number of methoxy groups -OCH3 is 1. The van der Waals surface area contributed by atoms with Crippen LogP contribution in [0.5, 0.6) is 0 Å². The lowest BCUT2D eigenvalue weighted by atomic mass is 10.3. The van der Waals surface area contributed by atoms with Gasteiger partial charge in [-0.3, -0.25) is 14.2 Å².